The molecule has 0 amide bonds. The maximum Gasteiger partial charge on any atom is 0.126 e. The van der Waals surface area contributed by atoms with Crippen LogP contribution in [0.3, 0.4) is 0 Å². The molecule has 2 rings (SSSR count). The monoisotopic (exact) mass is 349 g/mol. The van der Waals surface area contributed by atoms with Crippen LogP contribution in [-0.2, 0) is 12.8 Å². The summed E-state index contributed by atoms with van der Waals surface area (Å²) in [4.78, 5) is 0. The highest BCUT2D eigenvalue weighted by Gasteiger charge is 2.12. The first-order chi connectivity index (χ1) is 10.2. The van der Waals surface area contributed by atoms with Crippen LogP contribution >= 0.6 is 15.9 Å². The second-order valence-electron chi connectivity index (χ2n) is 5.28. The van der Waals surface area contributed by atoms with Gasteiger partial charge in [0.25, 0.3) is 0 Å². The van der Waals surface area contributed by atoms with Gasteiger partial charge in [0.15, 0.2) is 0 Å². The summed E-state index contributed by atoms with van der Waals surface area (Å²) in [7, 11) is 0. The summed E-state index contributed by atoms with van der Waals surface area (Å²) >= 11 is 3.50. The summed E-state index contributed by atoms with van der Waals surface area (Å²) in [5.41, 5.74) is 2.04. The maximum absolute atomic E-state index is 13.8. The summed E-state index contributed by atoms with van der Waals surface area (Å²) < 4.78 is 14.9. The Kier molecular flexibility index (Phi) is 6.40. The molecule has 0 aliphatic carbocycles. The van der Waals surface area contributed by atoms with Crippen molar-refractivity contribution in [3.8, 4) is 0 Å². The lowest BCUT2D eigenvalue weighted by atomic mass is 9.98. The fourth-order valence-electron chi connectivity index (χ4n) is 2.44. The molecule has 21 heavy (non-hydrogen) atoms. The van der Waals surface area contributed by atoms with E-state index in [0.29, 0.717) is 6.42 Å². The van der Waals surface area contributed by atoms with Crippen molar-refractivity contribution in [3.63, 3.8) is 0 Å². The topological polar surface area (TPSA) is 12.0 Å². The number of nitrogens with one attached hydrogen (secondary N) is 1. The Labute approximate surface area is 134 Å². The normalized spacial score (nSPS) is 12.3. The van der Waals surface area contributed by atoms with Gasteiger partial charge in [0, 0.05) is 10.5 Å². The molecule has 0 radical (unpaired) electrons. The summed E-state index contributed by atoms with van der Waals surface area (Å²) in [5, 5.41) is 3.53. The molecule has 0 aromatic heterocycles. The molecule has 3 heteroatoms. The van der Waals surface area contributed by atoms with Crippen LogP contribution in [-0.4, -0.2) is 12.6 Å². The molecule has 0 saturated carbocycles. The van der Waals surface area contributed by atoms with E-state index in [1.165, 1.54) is 11.6 Å². The molecule has 0 aliphatic rings. The van der Waals surface area contributed by atoms with Gasteiger partial charge in [-0.05, 0) is 55.1 Å². The number of hydrogen-bond donors (Lipinski definition) is 1. The Balaban J connectivity index is 2.09. The molecule has 1 atom stereocenters. The zero-order valence-corrected chi connectivity index (χ0v) is 13.9. The Morgan fingerprint density at radius 3 is 2.62 bits per heavy atom. The highest BCUT2D eigenvalue weighted by Crippen LogP contribution is 2.16. The molecule has 0 bridgehead atoms. The first-order valence-corrected chi connectivity index (χ1v) is 8.19. The number of benzene rings is 2. The lowest BCUT2D eigenvalue weighted by Crippen LogP contribution is -2.34. The molecule has 1 N–H and O–H groups in total. The van der Waals surface area contributed by atoms with Crippen LogP contribution in [0.15, 0.2) is 53.0 Å². The van der Waals surface area contributed by atoms with Crippen molar-refractivity contribution >= 4 is 15.9 Å². The summed E-state index contributed by atoms with van der Waals surface area (Å²) in [5.74, 6) is -0.116. The van der Waals surface area contributed by atoms with Crippen LogP contribution in [0.1, 0.15) is 24.5 Å². The molecule has 112 valence electrons. The first-order valence-electron chi connectivity index (χ1n) is 7.40. The summed E-state index contributed by atoms with van der Waals surface area (Å²) in [6, 6.07) is 15.6. The quantitative estimate of drug-likeness (QED) is 0.760. The zero-order valence-electron chi connectivity index (χ0n) is 12.3. The maximum atomic E-state index is 13.8. The van der Waals surface area contributed by atoms with Crippen molar-refractivity contribution in [1.29, 1.82) is 0 Å². The summed E-state index contributed by atoms with van der Waals surface area (Å²) in [6.07, 6.45) is 2.68. The zero-order chi connectivity index (χ0) is 15.1. The highest BCUT2D eigenvalue weighted by atomic mass is 79.9. The molecule has 2 aromatic carbocycles. The lowest BCUT2D eigenvalue weighted by Gasteiger charge is -2.19. The van der Waals surface area contributed by atoms with Crippen LogP contribution in [0.5, 0.6) is 0 Å². The van der Waals surface area contributed by atoms with E-state index >= 15 is 0 Å². The fraction of sp³-hybridized carbons (Fsp3) is 0.333. The Morgan fingerprint density at radius 2 is 1.90 bits per heavy atom. The van der Waals surface area contributed by atoms with E-state index in [1.54, 1.807) is 6.07 Å². The molecular formula is C18H21BrFN. The number of halogens is 2. The minimum atomic E-state index is -0.116. The Bertz CT molecular complexity index is 571. The van der Waals surface area contributed by atoms with Gasteiger partial charge in [0.05, 0.1) is 0 Å². The molecule has 1 nitrogen and oxygen atoms in total. The van der Waals surface area contributed by atoms with Crippen LogP contribution in [0.4, 0.5) is 4.39 Å². The van der Waals surface area contributed by atoms with Crippen LogP contribution in [0, 0.1) is 5.82 Å². The molecule has 2 aromatic rings. The van der Waals surface area contributed by atoms with Gasteiger partial charge < -0.3 is 5.32 Å². The van der Waals surface area contributed by atoms with E-state index in [1.807, 2.05) is 24.3 Å². The third kappa shape index (κ3) is 5.25. The van der Waals surface area contributed by atoms with Crippen molar-refractivity contribution in [2.45, 2.75) is 32.2 Å². The highest BCUT2D eigenvalue weighted by molar-refractivity contribution is 9.10. The first kappa shape index (κ1) is 16.2. The van der Waals surface area contributed by atoms with Crippen molar-refractivity contribution in [1.82, 2.24) is 5.32 Å². The van der Waals surface area contributed by atoms with E-state index in [2.05, 4.69) is 40.3 Å². The standard InChI is InChI=1S/C18H21BrFN/c1-2-10-21-17(12-14-6-5-8-16(19)11-14)13-15-7-3-4-9-18(15)20/h3-9,11,17,21H,2,10,12-13H2,1H3. The van der Waals surface area contributed by atoms with Gasteiger partial charge in [-0.25, -0.2) is 4.39 Å². The third-order valence-corrected chi connectivity index (χ3v) is 3.97. The largest absolute Gasteiger partial charge is 0.313 e. The van der Waals surface area contributed by atoms with Gasteiger partial charge in [-0.1, -0.05) is 53.2 Å². The molecule has 0 fully saturated rings. The SMILES string of the molecule is CCCNC(Cc1cccc(Br)c1)Cc1ccccc1F. The van der Waals surface area contributed by atoms with Crippen LogP contribution < -0.4 is 5.32 Å². The number of hydrogen-bond acceptors (Lipinski definition) is 1. The Morgan fingerprint density at radius 1 is 1.10 bits per heavy atom. The van der Waals surface area contributed by atoms with Crippen molar-refractivity contribution in [3.05, 3.63) is 69.9 Å². The van der Waals surface area contributed by atoms with Gasteiger partial charge in [0.1, 0.15) is 5.82 Å². The van der Waals surface area contributed by atoms with Gasteiger partial charge in [-0.15, -0.1) is 0 Å². The van der Waals surface area contributed by atoms with Crippen molar-refractivity contribution in [2.24, 2.45) is 0 Å². The smallest absolute Gasteiger partial charge is 0.126 e. The van der Waals surface area contributed by atoms with E-state index < -0.39 is 0 Å². The lowest BCUT2D eigenvalue weighted by molar-refractivity contribution is 0.492. The van der Waals surface area contributed by atoms with Gasteiger partial charge in [-0.3, -0.25) is 0 Å². The van der Waals surface area contributed by atoms with E-state index in [-0.39, 0.29) is 11.9 Å². The molecular weight excluding hydrogens is 329 g/mol. The molecule has 0 spiro atoms. The van der Waals surface area contributed by atoms with E-state index in [0.717, 1.165) is 29.4 Å². The van der Waals surface area contributed by atoms with Gasteiger partial charge in [0.2, 0.25) is 0 Å². The fourth-order valence-corrected chi connectivity index (χ4v) is 2.89. The second-order valence-corrected chi connectivity index (χ2v) is 6.20. The van der Waals surface area contributed by atoms with Crippen molar-refractivity contribution in [2.75, 3.05) is 6.54 Å². The molecule has 0 aliphatic heterocycles. The molecule has 0 saturated heterocycles. The van der Waals surface area contributed by atoms with Crippen LogP contribution in [0.2, 0.25) is 0 Å². The average molecular weight is 350 g/mol. The van der Waals surface area contributed by atoms with Crippen LogP contribution in [0.25, 0.3) is 0 Å². The van der Waals surface area contributed by atoms with E-state index in [4.69, 9.17) is 0 Å². The predicted molar refractivity (Wildman–Crippen MR) is 90.0 cm³/mol. The van der Waals surface area contributed by atoms with Gasteiger partial charge >= 0.3 is 0 Å². The predicted octanol–water partition coefficient (Wildman–Crippen LogP) is 4.74. The Hall–Kier alpha value is -1.19. The van der Waals surface area contributed by atoms with E-state index in [9.17, 15) is 4.39 Å². The third-order valence-electron chi connectivity index (χ3n) is 3.48. The van der Waals surface area contributed by atoms with Gasteiger partial charge in [-0.2, -0.15) is 0 Å². The summed E-state index contributed by atoms with van der Waals surface area (Å²) in [6.45, 7) is 3.10. The minimum absolute atomic E-state index is 0.116. The average Bonchev–Trinajstić information content (AvgIpc) is 2.47. The second kappa shape index (κ2) is 8.30. The van der Waals surface area contributed by atoms with Crippen molar-refractivity contribution < 1.29 is 4.39 Å². The minimum Gasteiger partial charge on any atom is -0.313 e. The molecule has 1 unspecified atom stereocenters. The molecule has 0 heterocycles. The number of rotatable bonds is 7.